The van der Waals surface area contributed by atoms with E-state index in [0.29, 0.717) is 31.8 Å². The van der Waals surface area contributed by atoms with Crippen LogP contribution in [-0.2, 0) is 16.1 Å². The van der Waals surface area contributed by atoms with E-state index < -0.39 is 5.82 Å². The van der Waals surface area contributed by atoms with E-state index in [9.17, 15) is 9.18 Å². The number of amides is 1. The second kappa shape index (κ2) is 8.50. The number of benzene rings is 1. The van der Waals surface area contributed by atoms with Crippen LogP contribution in [0.4, 0.5) is 4.39 Å². The Hall–Kier alpha value is -1.66. The summed E-state index contributed by atoms with van der Waals surface area (Å²) in [5.41, 5.74) is 5.99. The fraction of sp³-hybridized carbons (Fsp3) is 0.500. The summed E-state index contributed by atoms with van der Waals surface area (Å²) in [6.45, 7) is 3.44. The number of halogens is 1. The van der Waals surface area contributed by atoms with Crippen molar-refractivity contribution in [1.82, 2.24) is 4.90 Å². The maximum Gasteiger partial charge on any atom is 0.248 e. The molecule has 0 radical (unpaired) electrons. The molecular formula is C14H21FN2O3. The minimum absolute atomic E-state index is 0.0102. The van der Waals surface area contributed by atoms with Gasteiger partial charge in [0, 0.05) is 19.6 Å². The van der Waals surface area contributed by atoms with Crippen molar-refractivity contribution in [1.29, 1.82) is 0 Å². The number of carbonyl (C=O) groups excluding carboxylic acids is 1. The van der Waals surface area contributed by atoms with E-state index in [2.05, 4.69) is 0 Å². The number of rotatable bonds is 8. The molecule has 0 saturated heterocycles. The lowest BCUT2D eigenvalue weighted by molar-refractivity contribution is -0.136. The highest BCUT2D eigenvalue weighted by molar-refractivity contribution is 5.77. The summed E-state index contributed by atoms with van der Waals surface area (Å²) in [5, 5.41) is 0. The molecule has 0 unspecified atom stereocenters. The molecule has 1 aromatic rings. The Bertz CT molecular complexity index is 440. The maximum atomic E-state index is 13.6. The van der Waals surface area contributed by atoms with Gasteiger partial charge >= 0.3 is 0 Å². The molecule has 0 spiro atoms. The molecule has 0 bridgehead atoms. The number of methoxy groups -OCH3 is 1. The molecule has 0 heterocycles. The van der Waals surface area contributed by atoms with Gasteiger partial charge in [0.1, 0.15) is 6.61 Å². The van der Waals surface area contributed by atoms with E-state index >= 15 is 0 Å². The average Bonchev–Trinajstić information content (AvgIpc) is 2.45. The smallest absolute Gasteiger partial charge is 0.248 e. The van der Waals surface area contributed by atoms with E-state index in [1.807, 2.05) is 6.92 Å². The molecule has 0 aliphatic rings. The van der Waals surface area contributed by atoms with Crippen molar-refractivity contribution in [3.63, 3.8) is 0 Å². The first kappa shape index (κ1) is 16.4. The van der Waals surface area contributed by atoms with Gasteiger partial charge < -0.3 is 20.1 Å². The number of nitrogens with zero attached hydrogens (tertiary/aromatic N) is 1. The zero-order valence-electron chi connectivity index (χ0n) is 11.9. The molecule has 1 amide bonds. The van der Waals surface area contributed by atoms with Crippen LogP contribution in [0.1, 0.15) is 12.5 Å². The summed E-state index contributed by atoms with van der Waals surface area (Å²) >= 11 is 0. The van der Waals surface area contributed by atoms with Crippen LogP contribution >= 0.6 is 0 Å². The van der Waals surface area contributed by atoms with E-state index in [0.717, 1.165) is 0 Å². The minimum atomic E-state index is -0.437. The highest BCUT2D eigenvalue weighted by atomic mass is 19.1. The first-order chi connectivity index (χ1) is 9.62. The van der Waals surface area contributed by atoms with E-state index in [1.54, 1.807) is 17.0 Å². The lowest BCUT2D eigenvalue weighted by Gasteiger charge is -2.21. The Morgan fingerprint density at radius 2 is 2.20 bits per heavy atom. The van der Waals surface area contributed by atoms with Crippen LogP contribution in [0.2, 0.25) is 0 Å². The third kappa shape index (κ3) is 4.79. The van der Waals surface area contributed by atoms with Gasteiger partial charge in [0.2, 0.25) is 5.91 Å². The van der Waals surface area contributed by atoms with Gasteiger partial charge in [-0.1, -0.05) is 6.07 Å². The van der Waals surface area contributed by atoms with Crippen molar-refractivity contribution in [3.8, 4) is 5.75 Å². The maximum absolute atomic E-state index is 13.6. The molecule has 2 N–H and O–H groups in total. The van der Waals surface area contributed by atoms with Crippen molar-refractivity contribution in [3.05, 3.63) is 29.6 Å². The van der Waals surface area contributed by atoms with E-state index in [-0.39, 0.29) is 18.3 Å². The molecule has 1 aromatic carbocycles. The molecule has 1 rings (SSSR count). The van der Waals surface area contributed by atoms with E-state index in [4.69, 9.17) is 15.2 Å². The first-order valence-corrected chi connectivity index (χ1v) is 6.50. The zero-order valence-corrected chi connectivity index (χ0v) is 11.9. The number of hydrogen-bond acceptors (Lipinski definition) is 4. The normalized spacial score (nSPS) is 10.4. The van der Waals surface area contributed by atoms with Crippen molar-refractivity contribution in [2.24, 2.45) is 5.73 Å². The van der Waals surface area contributed by atoms with Crippen molar-refractivity contribution >= 4 is 5.91 Å². The van der Waals surface area contributed by atoms with Crippen LogP contribution in [0.3, 0.4) is 0 Å². The number of carbonyl (C=O) groups is 1. The van der Waals surface area contributed by atoms with Gasteiger partial charge in [-0.25, -0.2) is 4.39 Å². The molecular weight excluding hydrogens is 263 g/mol. The largest absolute Gasteiger partial charge is 0.494 e. The molecule has 112 valence electrons. The highest BCUT2D eigenvalue weighted by Gasteiger charge is 2.13. The van der Waals surface area contributed by atoms with Gasteiger partial charge in [0.25, 0.3) is 0 Å². The number of nitrogens with two attached hydrogens (primary N) is 1. The predicted octanol–water partition coefficient (Wildman–Crippen LogP) is 1.16. The number of hydrogen-bond donors (Lipinski definition) is 1. The predicted molar refractivity (Wildman–Crippen MR) is 73.9 cm³/mol. The summed E-state index contributed by atoms with van der Waals surface area (Å²) in [6.07, 6.45) is 0. The summed E-state index contributed by atoms with van der Waals surface area (Å²) in [4.78, 5) is 13.5. The van der Waals surface area contributed by atoms with Gasteiger partial charge in [-0.15, -0.1) is 0 Å². The Morgan fingerprint density at radius 1 is 1.45 bits per heavy atom. The summed E-state index contributed by atoms with van der Waals surface area (Å²) in [7, 11) is 1.41. The molecule has 20 heavy (non-hydrogen) atoms. The van der Waals surface area contributed by atoms with Gasteiger partial charge in [0.15, 0.2) is 11.6 Å². The molecule has 0 aliphatic heterocycles. The van der Waals surface area contributed by atoms with Gasteiger partial charge in [-0.3, -0.25) is 4.79 Å². The van der Waals surface area contributed by atoms with Crippen molar-refractivity contribution in [2.45, 2.75) is 13.5 Å². The Labute approximate surface area is 118 Å². The fourth-order valence-corrected chi connectivity index (χ4v) is 1.74. The topological polar surface area (TPSA) is 64.8 Å². The minimum Gasteiger partial charge on any atom is -0.494 e. The second-order valence-electron chi connectivity index (χ2n) is 4.22. The van der Waals surface area contributed by atoms with Gasteiger partial charge in [-0.05, 0) is 24.6 Å². The molecule has 0 atom stereocenters. The summed E-state index contributed by atoms with van der Waals surface area (Å²) < 4.78 is 23.6. The summed E-state index contributed by atoms with van der Waals surface area (Å²) in [5.74, 6) is -0.389. The van der Waals surface area contributed by atoms with Crippen molar-refractivity contribution in [2.75, 3.05) is 33.4 Å². The standard InChI is InChI=1S/C14H21FN2O3/c1-3-17(14(18)10-20-7-6-16)9-11-4-5-13(19-2)12(15)8-11/h4-5,8H,3,6-7,9-10,16H2,1-2H3. The van der Waals surface area contributed by atoms with Crippen LogP contribution in [0.5, 0.6) is 5.75 Å². The van der Waals surface area contributed by atoms with Crippen molar-refractivity contribution < 1.29 is 18.7 Å². The fourth-order valence-electron chi connectivity index (χ4n) is 1.74. The number of ether oxygens (including phenoxy) is 2. The van der Waals surface area contributed by atoms with Crippen LogP contribution in [-0.4, -0.2) is 44.2 Å². The first-order valence-electron chi connectivity index (χ1n) is 6.50. The highest BCUT2D eigenvalue weighted by Crippen LogP contribution is 2.18. The average molecular weight is 284 g/mol. The third-order valence-corrected chi connectivity index (χ3v) is 2.81. The monoisotopic (exact) mass is 284 g/mol. The van der Waals surface area contributed by atoms with Gasteiger partial charge in [0.05, 0.1) is 13.7 Å². The Morgan fingerprint density at radius 3 is 2.75 bits per heavy atom. The molecule has 0 aromatic heterocycles. The van der Waals surface area contributed by atoms with Crippen LogP contribution in [0, 0.1) is 5.82 Å². The summed E-state index contributed by atoms with van der Waals surface area (Å²) in [6, 6.07) is 4.65. The van der Waals surface area contributed by atoms with Crippen LogP contribution in [0.25, 0.3) is 0 Å². The molecule has 0 fully saturated rings. The van der Waals surface area contributed by atoms with Crippen LogP contribution in [0.15, 0.2) is 18.2 Å². The Kier molecular flexibility index (Phi) is 6.97. The quantitative estimate of drug-likeness (QED) is 0.728. The van der Waals surface area contributed by atoms with Gasteiger partial charge in [-0.2, -0.15) is 0 Å². The molecule has 6 heteroatoms. The second-order valence-corrected chi connectivity index (χ2v) is 4.22. The third-order valence-electron chi connectivity index (χ3n) is 2.81. The number of likely N-dealkylation sites (N-methyl/N-ethyl adjacent to an activating group) is 1. The molecule has 0 aliphatic carbocycles. The Balaban J connectivity index is 2.63. The lowest BCUT2D eigenvalue weighted by Crippen LogP contribution is -2.33. The molecule has 0 saturated carbocycles. The lowest BCUT2D eigenvalue weighted by atomic mass is 10.2. The van der Waals surface area contributed by atoms with E-state index in [1.165, 1.54) is 13.2 Å². The van der Waals surface area contributed by atoms with Crippen LogP contribution < -0.4 is 10.5 Å². The molecule has 5 nitrogen and oxygen atoms in total. The SMILES string of the molecule is CCN(Cc1ccc(OC)c(F)c1)C(=O)COCCN. The zero-order chi connectivity index (χ0) is 15.0.